The second-order valence-electron chi connectivity index (χ2n) is 4.33. The summed E-state index contributed by atoms with van der Waals surface area (Å²) in [6.07, 6.45) is -0.614. The molecule has 1 aromatic carbocycles. The van der Waals surface area contributed by atoms with E-state index in [0.717, 1.165) is 12.1 Å². The molecule has 0 fully saturated rings. The van der Waals surface area contributed by atoms with Gasteiger partial charge in [-0.15, -0.1) is 0 Å². The van der Waals surface area contributed by atoms with E-state index in [1.807, 2.05) is 0 Å². The Labute approximate surface area is 102 Å². The minimum absolute atomic E-state index is 0.0774. The van der Waals surface area contributed by atoms with Crippen molar-refractivity contribution in [3.63, 3.8) is 0 Å². The van der Waals surface area contributed by atoms with Gasteiger partial charge < -0.3 is 5.73 Å². The Hall–Kier alpha value is -1.62. The molecule has 96 valence electrons. The molecule has 1 aliphatic rings. The Morgan fingerprint density at radius 2 is 2.00 bits per heavy atom. The molecule has 18 heavy (non-hydrogen) atoms. The van der Waals surface area contributed by atoms with Crippen molar-refractivity contribution in [1.29, 1.82) is 0 Å². The number of hydrogen-bond acceptors (Lipinski definition) is 2. The molecule has 0 amide bonds. The van der Waals surface area contributed by atoms with Crippen LogP contribution in [0.15, 0.2) is 36.4 Å². The normalized spacial score (nSPS) is 23.3. The van der Waals surface area contributed by atoms with E-state index >= 15 is 0 Å². The second-order valence-corrected chi connectivity index (χ2v) is 4.33. The van der Waals surface area contributed by atoms with Crippen LogP contribution in [0.5, 0.6) is 0 Å². The van der Waals surface area contributed by atoms with Crippen LogP contribution in [0.1, 0.15) is 22.3 Å². The Bertz CT molecular complexity index is 493. The summed E-state index contributed by atoms with van der Waals surface area (Å²) < 4.78 is 37.6. The van der Waals surface area contributed by atoms with Crippen molar-refractivity contribution in [3.8, 4) is 0 Å². The van der Waals surface area contributed by atoms with Crippen LogP contribution in [0, 0.1) is 5.92 Å². The van der Waals surface area contributed by atoms with Gasteiger partial charge in [0.1, 0.15) is 0 Å². The molecule has 1 aromatic rings. The SMILES string of the molecule is NC1C=CC(C(=O)c2cccc(C(F)(F)F)c2)C1. The van der Waals surface area contributed by atoms with E-state index in [0.29, 0.717) is 6.42 Å². The zero-order valence-corrected chi connectivity index (χ0v) is 9.45. The highest BCUT2D eigenvalue weighted by Gasteiger charge is 2.32. The van der Waals surface area contributed by atoms with Crippen molar-refractivity contribution in [2.45, 2.75) is 18.6 Å². The van der Waals surface area contributed by atoms with Gasteiger partial charge in [0, 0.05) is 17.5 Å². The lowest BCUT2D eigenvalue weighted by Crippen LogP contribution is -2.19. The van der Waals surface area contributed by atoms with E-state index in [9.17, 15) is 18.0 Å². The molecule has 1 aliphatic carbocycles. The molecule has 2 unspecified atom stereocenters. The van der Waals surface area contributed by atoms with Crippen LogP contribution >= 0.6 is 0 Å². The van der Waals surface area contributed by atoms with Gasteiger partial charge in [0.15, 0.2) is 5.78 Å². The van der Waals surface area contributed by atoms with Crippen molar-refractivity contribution >= 4 is 5.78 Å². The minimum Gasteiger partial charge on any atom is -0.324 e. The molecular weight excluding hydrogens is 243 g/mol. The lowest BCUT2D eigenvalue weighted by molar-refractivity contribution is -0.137. The van der Waals surface area contributed by atoms with Gasteiger partial charge in [-0.2, -0.15) is 13.2 Å². The van der Waals surface area contributed by atoms with Crippen molar-refractivity contribution in [3.05, 3.63) is 47.5 Å². The number of alkyl halides is 3. The Kier molecular flexibility index (Phi) is 3.26. The Balaban J connectivity index is 2.24. The maximum atomic E-state index is 12.5. The number of hydrogen-bond donors (Lipinski definition) is 1. The van der Waals surface area contributed by atoms with Gasteiger partial charge in [0.2, 0.25) is 0 Å². The highest BCUT2D eigenvalue weighted by molar-refractivity contribution is 5.99. The van der Waals surface area contributed by atoms with Gasteiger partial charge in [-0.1, -0.05) is 24.3 Å². The predicted octanol–water partition coefficient (Wildman–Crippen LogP) is 2.79. The first-order valence-corrected chi connectivity index (χ1v) is 5.53. The largest absolute Gasteiger partial charge is 0.416 e. The third-order valence-corrected chi connectivity index (χ3v) is 2.93. The van der Waals surface area contributed by atoms with E-state index in [-0.39, 0.29) is 17.4 Å². The number of rotatable bonds is 2. The highest BCUT2D eigenvalue weighted by Crippen LogP contribution is 2.30. The van der Waals surface area contributed by atoms with Crippen molar-refractivity contribution < 1.29 is 18.0 Å². The van der Waals surface area contributed by atoms with E-state index in [1.54, 1.807) is 12.2 Å². The second kappa shape index (κ2) is 4.57. The van der Waals surface area contributed by atoms with E-state index in [4.69, 9.17) is 5.73 Å². The number of halogens is 3. The number of nitrogens with two attached hydrogens (primary N) is 1. The van der Waals surface area contributed by atoms with Gasteiger partial charge in [0.05, 0.1) is 5.56 Å². The average molecular weight is 255 g/mol. The molecule has 0 heterocycles. The van der Waals surface area contributed by atoms with Crippen molar-refractivity contribution in [2.75, 3.05) is 0 Å². The summed E-state index contributed by atoms with van der Waals surface area (Å²) in [7, 11) is 0. The fraction of sp³-hybridized carbons (Fsp3) is 0.308. The standard InChI is InChI=1S/C13H12F3NO/c14-13(15,16)10-3-1-2-8(6-10)12(18)9-4-5-11(17)7-9/h1-6,9,11H,7,17H2. The van der Waals surface area contributed by atoms with E-state index in [1.165, 1.54) is 12.1 Å². The van der Waals surface area contributed by atoms with Crippen LogP contribution in [-0.2, 0) is 6.18 Å². The molecule has 2 N–H and O–H groups in total. The maximum Gasteiger partial charge on any atom is 0.416 e. The third-order valence-electron chi connectivity index (χ3n) is 2.93. The fourth-order valence-corrected chi connectivity index (χ4v) is 1.98. The first kappa shape index (κ1) is 12.8. The monoisotopic (exact) mass is 255 g/mol. The van der Waals surface area contributed by atoms with Gasteiger partial charge in [-0.05, 0) is 18.6 Å². The summed E-state index contributed by atoms with van der Waals surface area (Å²) in [5.41, 5.74) is 4.89. The number of allylic oxidation sites excluding steroid dienone is 1. The Morgan fingerprint density at radius 1 is 1.28 bits per heavy atom. The molecular formula is C13H12F3NO. The highest BCUT2D eigenvalue weighted by atomic mass is 19.4. The van der Waals surface area contributed by atoms with E-state index in [2.05, 4.69) is 0 Å². The summed E-state index contributed by atoms with van der Waals surface area (Å²) in [4.78, 5) is 12.0. The molecule has 0 aromatic heterocycles. The zero-order valence-electron chi connectivity index (χ0n) is 9.45. The lowest BCUT2D eigenvalue weighted by Gasteiger charge is -2.11. The van der Waals surface area contributed by atoms with Crippen LogP contribution in [-0.4, -0.2) is 11.8 Å². The quantitative estimate of drug-likeness (QED) is 0.652. The first-order valence-electron chi connectivity index (χ1n) is 5.53. The number of carbonyl (C=O) groups is 1. The summed E-state index contributed by atoms with van der Waals surface area (Å²) in [6.45, 7) is 0. The molecule has 0 bridgehead atoms. The molecule has 0 radical (unpaired) electrons. The molecule has 0 saturated carbocycles. The van der Waals surface area contributed by atoms with Crippen LogP contribution in [0.25, 0.3) is 0 Å². The number of benzene rings is 1. The molecule has 2 nitrogen and oxygen atoms in total. The van der Waals surface area contributed by atoms with Crippen LogP contribution in [0.4, 0.5) is 13.2 Å². The minimum atomic E-state index is -4.43. The Morgan fingerprint density at radius 3 is 2.56 bits per heavy atom. The maximum absolute atomic E-state index is 12.5. The third kappa shape index (κ3) is 2.61. The molecule has 2 atom stereocenters. The fourth-order valence-electron chi connectivity index (χ4n) is 1.98. The van der Waals surface area contributed by atoms with Gasteiger partial charge >= 0.3 is 6.18 Å². The number of ketones is 1. The van der Waals surface area contributed by atoms with Crippen LogP contribution < -0.4 is 5.73 Å². The first-order chi connectivity index (χ1) is 8.38. The van der Waals surface area contributed by atoms with Gasteiger partial charge in [-0.25, -0.2) is 0 Å². The van der Waals surface area contributed by atoms with E-state index < -0.39 is 17.7 Å². The predicted molar refractivity (Wildman–Crippen MR) is 61.0 cm³/mol. The van der Waals surface area contributed by atoms with Gasteiger partial charge in [-0.3, -0.25) is 4.79 Å². The summed E-state index contributed by atoms with van der Waals surface area (Å²) in [6, 6.07) is 4.29. The molecule has 0 aliphatic heterocycles. The van der Waals surface area contributed by atoms with Gasteiger partial charge in [0.25, 0.3) is 0 Å². The molecule has 5 heteroatoms. The summed E-state index contributed by atoms with van der Waals surface area (Å²) in [5.74, 6) is -0.728. The summed E-state index contributed by atoms with van der Waals surface area (Å²) in [5, 5.41) is 0. The molecule has 2 rings (SSSR count). The van der Waals surface area contributed by atoms with Crippen molar-refractivity contribution in [2.24, 2.45) is 11.7 Å². The molecule has 0 spiro atoms. The molecule has 0 saturated heterocycles. The average Bonchev–Trinajstić information content (AvgIpc) is 2.74. The number of carbonyl (C=O) groups excluding carboxylic acids is 1. The zero-order chi connectivity index (χ0) is 13.3. The summed E-state index contributed by atoms with van der Waals surface area (Å²) >= 11 is 0. The number of Topliss-reactive ketones (excluding diaryl/α,β-unsaturated/α-hetero) is 1. The van der Waals surface area contributed by atoms with Crippen LogP contribution in [0.3, 0.4) is 0 Å². The topological polar surface area (TPSA) is 43.1 Å². The van der Waals surface area contributed by atoms with Crippen LogP contribution in [0.2, 0.25) is 0 Å². The lowest BCUT2D eigenvalue weighted by atomic mass is 9.95. The smallest absolute Gasteiger partial charge is 0.324 e. The van der Waals surface area contributed by atoms with Crippen molar-refractivity contribution in [1.82, 2.24) is 0 Å².